The van der Waals surface area contributed by atoms with Crippen molar-refractivity contribution in [3.8, 4) is 0 Å². The van der Waals surface area contributed by atoms with Gasteiger partial charge in [-0.15, -0.1) is 0 Å². The Morgan fingerprint density at radius 2 is 1.81 bits per heavy atom. The van der Waals surface area contributed by atoms with Crippen LogP contribution < -0.4 is 0 Å². The average molecular weight is 625 g/mol. The van der Waals surface area contributed by atoms with Crippen LogP contribution in [-0.4, -0.2) is 34.5 Å². The van der Waals surface area contributed by atoms with Crippen LogP contribution in [-0.2, 0) is 4.79 Å². The second kappa shape index (κ2) is 7.75. The van der Waals surface area contributed by atoms with Crippen LogP contribution in [0.15, 0.2) is 12.1 Å². The summed E-state index contributed by atoms with van der Waals surface area (Å²) >= 11 is 6.55. The number of carbonyl (C=O) groups is 2. The molecule has 1 aliphatic carbocycles. The topological polar surface area (TPSA) is 57.6 Å². The number of hydrogen-bond acceptors (Lipinski definition) is 2. The predicted molar refractivity (Wildman–Crippen MR) is 106 cm³/mol. The number of benzene rings is 1. The van der Waals surface area contributed by atoms with Crippen LogP contribution >= 0.6 is 67.8 Å². The minimum absolute atomic E-state index is 0.0555. The third kappa shape index (κ3) is 4.43. The van der Waals surface area contributed by atoms with Gasteiger partial charge in [-0.2, -0.15) is 0 Å². The van der Waals surface area contributed by atoms with Crippen molar-refractivity contribution in [3.63, 3.8) is 0 Å². The molecule has 0 atom stereocenters. The fourth-order valence-electron chi connectivity index (χ4n) is 2.59. The molecule has 1 N–H and O–H groups in total. The first-order valence-corrected chi connectivity index (χ1v) is 9.81. The molecule has 0 spiro atoms. The molecule has 0 saturated heterocycles. The van der Waals surface area contributed by atoms with Crippen LogP contribution in [0.1, 0.15) is 36.0 Å². The van der Waals surface area contributed by atoms with E-state index in [1.165, 1.54) is 0 Å². The molecule has 1 amide bonds. The van der Waals surface area contributed by atoms with E-state index in [9.17, 15) is 9.59 Å². The molecule has 1 aromatic carbocycles. The van der Waals surface area contributed by atoms with Gasteiger partial charge in [0, 0.05) is 16.8 Å². The highest BCUT2D eigenvalue weighted by Crippen LogP contribution is 2.28. The van der Waals surface area contributed by atoms with Crippen molar-refractivity contribution in [1.29, 1.82) is 0 Å². The van der Waals surface area contributed by atoms with E-state index >= 15 is 0 Å². The molecule has 0 bridgehead atoms. The average Bonchev–Trinajstić information content (AvgIpc) is 2.93. The minimum atomic E-state index is -0.953. The van der Waals surface area contributed by atoms with Crippen molar-refractivity contribution in [2.75, 3.05) is 6.54 Å². The molecule has 2 rings (SSSR count). The van der Waals surface area contributed by atoms with Crippen LogP contribution in [0.5, 0.6) is 0 Å². The van der Waals surface area contributed by atoms with Crippen molar-refractivity contribution in [2.45, 2.75) is 31.7 Å². The molecule has 0 unspecified atom stereocenters. The van der Waals surface area contributed by atoms with Crippen LogP contribution in [0.25, 0.3) is 0 Å². The first kappa shape index (κ1) is 17.7. The SMILES string of the molecule is O=C(O)CN(C(=O)c1cc(I)cc(I)c1I)C1CCCC1. The van der Waals surface area contributed by atoms with E-state index in [0.29, 0.717) is 5.56 Å². The van der Waals surface area contributed by atoms with Gasteiger partial charge in [0.25, 0.3) is 5.91 Å². The van der Waals surface area contributed by atoms with Gasteiger partial charge in [0.15, 0.2) is 0 Å². The maximum absolute atomic E-state index is 12.8. The molecule has 1 fully saturated rings. The zero-order valence-corrected chi connectivity index (χ0v) is 17.6. The third-order valence-corrected chi connectivity index (χ3v) is 7.22. The molecule has 0 aliphatic heterocycles. The van der Waals surface area contributed by atoms with E-state index in [-0.39, 0.29) is 18.5 Å². The minimum Gasteiger partial charge on any atom is -0.480 e. The van der Waals surface area contributed by atoms with Crippen LogP contribution in [0.2, 0.25) is 0 Å². The van der Waals surface area contributed by atoms with Gasteiger partial charge >= 0.3 is 5.97 Å². The monoisotopic (exact) mass is 625 g/mol. The van der Waals surface area contributed by atoms with Gasteiger partial charge in [0.1, 0.15) is 6.54 Å². The van der Waals surface area contributed by atoms with E-state index in [0.717, 1.165) is 36.4 Å². The van der Waals surface area contributed by atoms with Crippen molar-refractivity contribution < 1.29 is 14.7 Å². The Labute approximate surface area is 164 Å². The fraction of sp³-hybridized carbons (Fsp3) is 0.429. The van der Waals surface area contributed by atoms with E-state index in [1.54, 1.807) is 4.90 Å². The lowest BCUT2D eigenvalue weighted by Gasteiger charge is -2.28. The number of carbonyl (C=O) groups excluding carboxylic acids is 1. The maximum Gasteiger partial charge on any atom is 0.323 e. The first-order chi connectivity index (χ1) is 9.90. The highest BCUT2D eigenvalue weighted by atomic mass is 127. The maximum atomic E-state index is 12.8. The van der Waals surface area contributed by atoms with Gasteiger partial charge in [-0.05, 0) is 92.7 Å². The summed E-state index contributed by atoms with van der Waals surface area (Å²) in [5.41, 5.74) is 0.611. The Morgan fingerprint density at radius 3 is 2.38 bits per heavy atom. The molecule has 7 heteroatoms. The molecular weight excluding hydrogens is 611 g/mol. The molecule has 4 nitrogen and oxygen atoms in total. The van der Waals surface area contributed by atoms with E-state index in [1.807, 2.05) is 12.1 Å². The molecule has 1 saturated carbocycles. The first-order valence-electron chi connectivity index (χ1n) is 6.57. The third-order valence-electron chi connectivity index (χ3n) is 3.56. The summed E-state index contributed by atoms with van der Waals surface area (Å²) in [6.45, 7) is -0.221. The summed E-state index contributed by atoms with van der Waals surface area (Å²) in [6.07, 6.45) is 3.93. The lowest BCUT2D eigenvalue weighted by atomic mass is 10.1. The number of amides is 1. The summed E-state index contributed by atoms with van der Waals surface area (Å²) in [5, 5.41) is 9.12. The number of carboxylic acids is 1. The Balaban J connectivity index is 2.35. The molecule has 114 valence electrons. The highest BCUT2D eigenvalue weighted by Gasteiger charge is 2.30. The van der Waals surface area contributed by atoms with Gasteiger partial charge in [-0.3, -0.25) is 9.59 Å². The van der Waals surface area contributed by atoms with E-state index in [2.05, 4.69) is 67.8 Å². The normalized spacial score (nSPS) is 15.2. The fourth-order valence-corrected chi connectivity index (χ4v) is 4.98. The predicted octanol–water partition coefficient (Wildman–Crippen LogP) is 3.97. The van der Waals surface area contributed by atoms with Crippen molar-refractivity contribution in [2.24, 2.45) is 0 Å². The zero-order chi connectivity index (χ0) is 15.6. The molecule has 21 heavy (non-hydrogen) atoms. The van der Waals surface area contributed by atoms with Crippen LogP contribution in [0.3, 0.4) is 0 Å². The highest BCUT2D eigenvalue weighted by molar-refractivity contribution is 14.1. The smallest absolute Gasteiger partial charge is 0.323 e. The van der Waals surface area contributed by atoms with Gasteiger partial charge in [-0.25, -0.2) is 0 Å². The van der Waals surface area contributed by atoms with E-state index in [4.69, 9.17) is 5.11 Å². The number of halogens is 3. The van der Waals surface area contributed by atoms with Gasteiger partial charge in [0.2, 0.25) is 0 Å². The standard InChI is InChI=1S/C14H14I3NO3/c15-8-5-10(13(17)11(16)6-8)14(21)18(7-12(19)20)9-3-1-2-4-9/h5-6,9H,1-4,7H2,(H,19,20). The Morgan fingerprint density at radius 1 is 1.19 bits per heavy atom. The largest absolute Gasteiger partial charge is 0.480 e. The summed E-state index contributed by atoms with van der Waals surface area (Å²) in [6, 6.07) is 3.91. The molecular formula is C14H14I3NO3. The molecule has 0 radical (unpaired) electrons. The second-order valence-electron chi connectivity index (χ2n) is 5.01. The Bertz CT molecular complexity index is 571. The Hall–Kier alpha value is 0.350. The van der Waals surface area contributed by atoms with Crippen molar-refractivity contribution >= 4 is 79.6 Å². The lowest BCUT2D eigenvalue weighted by molar-refractivity contribution is -0.138. The Kier molecular flexibility index (Phi) is 6.53. The summed E-state index contributed by atoms with van der Waals surface area (Å²) in [7, 11) is 0. The van der Waals surface area contributed by atoms with Crippen molar-refractivity contribution in [3.05, 3.63) is 28.4 Å². The summed E-state index contributed by atoms with van der Waals surface area (Å²) < 4.78 is 2.90. The van der Waals surface area contributed by atoms with E-state index < -0.39 is 5.97 Å². The zero-order valence-electron chi connectivity index (χ0n) is 11.1. The summed E-state index contributed by atoms with van der Waals surface area (Å²) in [5.74, 6) is -1.12. The number of carboxylic acid groups (broad SMARTS) is 1. The number of nitrogens with zero attached hydrogens (tertiary/aromatic N) is 1. The van der Waals surface area contributed by atoms with Gasteiger partial charge in [0.05, 0.1) is 5.56 Å². The molecule has 1 aliphatic rings. The lowest BCUT2D eigenvalue weighted by Crippen LogP contribution is -2.42. The van der Waals surface area contributed by atoms with Crippen LogP contribution in [0, 0.1) is 10.7 Å². The van der Waals surface area contributed by atoms with Gasteiger partial charge < -0.3 is 10.0 Å². The quantitative estimate of drug-likeness (QED) is 0.408. The number of hydrogen-bond donors (Lipinski definition) is 1. The second-order valence-corrected chi connectivity index (χ2v) is 8.50. The molecule has 0 heterocycles. The van der Waals surface area contributed by atoms with Gasteiger partial charge in [-0.1, -0.05) is 12.8 Å². The number of rotatable bonds is 4. The van der Waals surface area contributed by atoms with Crippen LogP contribution in [0.4, 0.5) is 0 Å². The molecule has 0 aromatic heterocycles. The van der Waals surface area contributed by atoms with Crippen molar-refractivity contribution in [1.82, 2.24) is 4.90 Å². The summed E-state index contributed by atoms with van der Waals surface area (Å²) in [4.78, 5) is 25.5. The molecule has 1 aromatic rings. The number of aliphatic carboxylic acids is 1.